The van der Waals surface area contributed by atoms with E-state index >= 15 is 0 Å². The highest BCUT2D eigenvalue weighted by Crippen LogP contribution is 2.37. The number of benzene rings is 3. The molecular weight excluding hydrogens is 695 g/mol. The summed E-state index contributed by atoms with van der Waals surface area (Å²) < 4.78 is 81.7. The molecule has 0 radical (unpaired) electrons. The average Bonchev–Trinajstić information content (AvgIpc) is 3.46. The van der Waals surface area contributed by atoms with Crippen LogP contribution in [0.25, 0.3) is 10.9 Å². The number of carbonyl (C=O) groups is 2. The van der Waals surface area contributed by atoms with Gasteiger partial charge in [-0.1, -0.05) is 36.4 Å². The molecule has 2 amide bonds. The molecule has 2 aliphatic heterocycles. The van der Waals surface area contributed by atoms with E-state index in [-0.39, 0.29) is 69.4 Å². The first-order valence-corrected chi connectivity index (χ1v) is 15.3. The molecule has 2 saturated heterocycles. The largest absolute Gasteiger partial charge is 0.416 e. The van der Waals surface area contributed by atoms with Crippen molar-refractivity contribution in [2.45, 2.75) is 24.8 Å². The van der Waals surface area contributed by atoms with Crippen LogP contribution in [-0.2, 0) is 23.6 Å². The lowest BCUT2D eigenvalue weighted by atomic mass is 9.98. The molecule has 15 heteroatoms. The van der Waals surface area contributed by atoms with Crippen LogP contribution in [0.2, 0.25) is 0 Å². The number of para-hydroxylation sites is 2. The van der Waals surface area contributed by atoms with Crippen LogP contribution in [0.1, 0.15) is 27.0 Å². The van der Waals surface area contributed by atoms with Crippen molar-refractivity contribution in [3.05, 3.63) is 101 Å². The highest BCUT2D eigenvalue weighted by molar-refractivity contribution is 5.95. The van der Waals surface area contributed by atoms with Crippen molar-refractivity contribution in [2.24, 2.45) is 0 Å². The average molecular weight is 731 g/mol. The zero-order chi connectivity index (χ0) is 33.3. The zero-order valence-electron chi connectivity index (χ0n) is 26.1. The number of rotatable bonds is 6. The van der Waals surface area contributed by atoms with Gasteiger partial charge < -0.3 is 19.7 Å². The molecule has 2 fully saturated rings. The molecule has 1 aromatic heterocycles. The number of piperazine rings is 2. The Morgan fingerprint density at radius 3 is 2.00 bits per heavy atom. The Kier molecular flexibility index (Phi) is 11.8. The summed E-state index contributed by atoms with van der Waals surface area (Å²) in [6.07, 6.45) is -8.09. The smallest absolute Gasteiger partial charge is 0.368 e. The van der Waals surface area contributed by atoms with Crippen LogP contribution in [-0.4, -0.2) is 89.9 Å². The molecule has 6 rings (SSSR count). The number of anilines is 1. The molecule has 0 spiro atoms. The van der Waals surface area contributed by atoms with Gasteiger partial charge in [-0.05, 0) is 48.4 Å². The summed E-state index contributed by atoms with van der Waals surface area (Å²) in [6, 6.07) is 17.8. The van der Waals surface area contributed by atoms with Crippen molar-refractivity contribution in [2.75, 3.05) is 57.3 Å². The van der Waals surface area contributed by atoms with E-state index < -0.39 is 41.0 Å². The summed E-state index contributed by atoms with van der Waals surface area (Å²) >= 11 is 0. The van der Waals surface area contributed by atoms with Gasteiger partial charge in [0.1, 0.15) is 0 Å². The number of carbonyl (C=O) groups excluding carboxylic acids is 2. The van der Waals surface area contributed by atoms with Crippen molar-refractivity contribution < 1.29 is 35.9 Å². The van der Waals surface area contributed by atoms with Crippen LogP contribution < -0.4 is 4.90 Å². The second kappa shape index (κ2) is 15.3. The molecule has 1 atom stereocenters. The van der Waals surface area contributed by atoms with Crippen molar-refractivity contribution in [1.29, 1.82) is 0 Å². The standard InChI is InChI=1S/C34H33F6N5O2.2ClH/c35-33(36,37)25-16-23(17-26(19-25)34(38,39)40)32(47)45-15-10-42(21-28(45)18-24-20-41-30-9-5-4-8-29(24)30)22-31(46)44-13-11-43(12-14-44)27-6-2-1-3-7-27;;/h1-9,16-17,19-20,28,41H,10-15,18,21-22H2;2*1H. The fraction of sp³-hybridized carbons (Fsp3) is 0.353. The van der Waals surface area contributed by atoms with E-state index in [0.29, 0.717) is 38.3 Å². The minimum absolute atomic E-state index is 0. The summed E-state index contributed by atoms with van der Waals surface area (Å²) in [5.74, 6) is -0.995. The lowest BCUT2D eigenvalue weighted by Crippen LogP contribution is -2.58. The molecule has 2 aliphatic rings. The SMILES string of the molecule is Cl.Cl.O=C(CN1CCN(C(=O)c2cc(C(F)(F)F)cc(C(F)(F)F)c2)C(Cc2c[nH]c3ccccc23)C1)N1CCN(c2ccccc2)CC1. The van der Waals surface area contributed by atoms with E-state index in [4.69, 9.17) is 0 Å². The van der Waals surface area contributed by atoms with Gasteiger partial charge in [-0.2, -0.15) is 26.3 Å². The highest BCUT2D eigenvalue weighted by Gasteiger charge is 2.39. The third-order valence-electron chi connectivity index (χ3n) is 8.91. The highest BCUT2D eigenvalue weighted by atomic mass is 35.5. The van der Waals surface area contributed by atoms with Crippen LogP contribution in [0.3, 0.4) is 0 Å². The quantitative estimate of drug-likeness (QED) is 0.223. The van der Waals surface area contributed by atoms with Crippen LogP contribution in [0, 0.1) is 0 Å². The van der Waals surface area contributed by atoms with Gasteiger partial charge in [-0.25, -0.2) is 0 Å². The van der Waals surface area contributed by atoms with Gasteiger partial charge in [0.05, 0.1) is 17.7 Å². The zero-order valence-corrected chi connectivity index (χ0v) is 27.8. The maximum Gasteiger partial charge on any atom is 0.416 e. The van der Waals surface area contributed by atoms with Crippen molar-refractivity contribution in [3.63, 3.8) is 0 Å². The molecule has 0 saturated carbocycles. The number of hydrogen-bond donors (Lipinski definition) is 1. The van der Waals surface area contributed by atoms with Crippen LogP contribution >= 0.6 is 24.8 Å². The number of alkyl halides is 6. The fourth-order valence-electron chi connectivity index (χ4n) is 6.45. The number of nitrogens with zero attached hydrogens (tertiary/aromatic N) is 4. The Labute approximate surface area is 291 Å². The predicted octanol–water partition coefficient (Wildman–Crippen LogP) is 6.77. The molecule has 4 aromatic rings. The first kappa shape index (κ1) is 37.9. The van der Waals surface area contributed by atoms with Crippen LogP contribution in [0.4, 0.5) is 32.0 Å². The van der Waals surface area contributed by atoms with Crippen LogP contribution in [0.15, 0.2) is 79.0 Å². The summed E-state index contributed by atoms with van der Waals surface area (Å²) in [7, 11) is 0. The molecule has 264 valence electrons. The van der Waals surface area contributed by atoms with Crippen molar-refractivity contribution in [3.8, 4) is 0 Å². The molecule has 1 N–H and O–H groups in total. The number of fused-ring (bicyclic) bond motifs is 1. The lowest BCUT2D eigenvalue weighted by molar-refractivity contribution is -0.143. The third kappa shape index (κ3) is 8.63. The molecular formula is C34H35Cl2F6N5O2. The monoisotopic (exact) mass is 729 g/mol. The van der Waals surface area contributed by atoms with Gasteiger partial charge >= 0.3 is 12.4 Å². The van der Waals surface area contributed by atoms with Gasteiger partial charge in [0.15, 0.2) is 0 Å². The molecule has 3 aromatic carbocycles. The van der Waals surface area contributed by atoms with Gasteiger partial charge in [0.2, 0.25) is 5.91 Å². The van der Waals surface area contributed by atoms with E-state index in [9.17, 15) is 35.9 Å². The minimum Gasteiger partial charge on any atom is -0.368 e. The second-order valence-electron chi connectivity index (χ2n) is 11.9. The lowest BCUT2D eigenvalue weighted by Gasteiger charge is -2.42. The second-order valence-corrected chi connectivity index (χ2v) is 11.9. The van der Waals surface area contributed by atoms with E-state index in [1.54, 1.807) is 11.1 Å². The number of nitrogens with one attached hydrogen (secondary N) is 1. The number of aromatic nitrogens is 1. The van der Waals surface area contributed by atoms with Gasteiger partial charge in [0, 0.05) is 80.2 Å². The van der Waals surface area contributed by atoms with E-state index in [2.05, 4.69) is 9.88 Å². The van der Waals surface area contributed by atoms with Crippen molar-refractivity contribution in [1.82, 2.24) is 19.7 Å². The first-order valence-electron chi connectivity index (χ1n) is 15.3. The van der Waals surface area contributed by atoms with E-state index in [0.717, 1.165) is 22.2 Å². The maximum absolute atomic E-state index is 13.8. The molecule has 0 aliphatic carbocycles. The normalized spacial score (nSPS) is 17.4. The topological polar surface area (TPSA) is 62.9 Å². The molecule has 49 heavy (non-hydrogen) atoms. The molecule has 3 heterocycles. The number of amides is 2. The van der Waals surface area contributed by atoms with E-state index in [1.807, 2.05) is 59.5 Å². The Morgan fingerprint density at radius 2 is 1.37 bits per heavy atom. The first-order chi connectivity index (χ1) is 22.4. The third-order valence-corrected chi connectivity index (χ3v) is 8.91. The van der Waals surface area contributed by atoms with Gasteiger partial charge in [-0.3, -0.25) is 14.5 Å². The number of halogens is 8. The van der Waals surface area contributed by atoms with Crippen molar-refractivity contribution >= 4 is 53.2 Å². The van der Waals surface area contributed by atoms with E-state index in [1.165, 1.54) is 4.90 Å². The minimum atomic E-state index is -5.08. The van der Waals surface area contributed by atoms with Gasteiger partial charge in [0.25, 0.3) is 5.91 Å². The fourth-order valence-corrected chi connectivity index (χ4v) is 6.45. The number of hydrogen-bond acceptors (Lipinski definition) is 4. The number of aromatic amines is 1. The molecule has 0 bridgehead atoms. The summed E-state index contributed by atoms with van der Waals surface area (Å²) in [5.41, 5.74) is -0.986. The Morgan fingerprint density at radius 1 is 0.755 bits per heavy atom. The Balaban J connectivity index is 0.00000270. The molecule has 1 unspecified atom stereocenters. The van der Waals surface area contributed by atoms with Crippen LogP contribution in [0.5, 0.6) is 0 Å². The summed E-state index contributed by atoms with van der Waals surface area (Å²) in [4.78, 5) is 37.6. The summed E-state index contributed by atoms with van der Waals surface area (Å²) in [6.45, 7) is 3.00. The number of H-pyrrole nitrogens is 1. The summed E-state index contributed by atoms with van der Waals surface area (Å²) in [5, 5.41) is 0.891. The Bertz CT molecular complexity index is 1710. The predicted molar refractivity (Wildman–Crippen MR) is 179 cm³/mol. The van der Waals surface area contributed by atoms with Gasteiger partial charge in [-0.15, -0.1) is 24.8 Å². The Hall–Kier alpha value is -3.94. The maximum atomic E-state index is 13.8. The molecule has 7 nitrogen and oxygen atoms in total.